The minimum absolute atomic E-state index is 0.997. The Balaban J connectivity index is 2.00. The summed E-state index contributed by atoms with van der Waals surface area (Å²) in [5, 5.41) is 3.07. The molecule has 3 rings (SSSR count). The van der Waals surface area contributed by atoms with Gasteiger partial charge in [0.05, 0.1) is 11.4 Å². The van der Waals surface area contributed by atoms with Crippen molar-refractivity contribution >= 4 is 11.3 Å². The normalized spacial score (nSPS) is 10.5. The van der Waals surface area contributed by atoms with Crippen molar-refractivity contribution in [3.63, 3.8) is 0 Å². The van der Waals surface area contributed by atoms with Gasteiger partial charge in [-0.25, -0.2) is 4.98 Å². The van der Waals surface area contributed by atoms with E-state index in [1.54, 1.807) is 23.7 Å². The van der Waals surface area contributed by atoms with E-state index in [4.69, 9.17) is 0 Å². The lowest BCUT2D eigenvalue weighted by atomic mass is 10.2. The molecule has 78 valence electrons. The lowest BCUT2D eigenvalue weighted by molar-refractivity contribution is 1.30. The number of hydrogen-bond acceptors (Lipinski definition) is 3. The first kappa shape index (κ1) is 9.30. The fourth-order valence-corrected chi connectivity index (χ4v) is 2.33. The number of nitrogens with one attached hydrogen (secondary N) is 1. The van der Waals surface area contributed by atoms with Gasteiger partial charge < -0.3 is 4.98 Å². The van der Waals surface area contributed by atoms with Crippen LogP contribution in [0.1, 0.15) is 0 Å². The Morgan fingerprint density at radius 3 is 2.75 bits per heavy atom. The molecular formula is C12H9N3S. The van der Waals surface area contributed by atoms with Crippen LogP contribution in [0.25, 0.3) is 22.0 Å². The van der Waals surface area contributed by atoms with Crippen molar-refractivity contribution in [2.24, 2.45) is 0 Å². The lowest BCUT2D eigenvalue weighted by Crippen LogP contribution is -1.79. The van der Waals surface area contributed by atoms with E-state index in [0.29, 0.717) is 0 Å². The summed E-state index contributed by atoms with van der Waals surface area (Å²) in [6.45, 7) is 0. The smallest absolute Gasteiger partial charge is 0.140 e. The van der Waals surface area contributed by atoms with Gasteiger partial charge in [-0.3, -0.25) is 4.98 Å². The highest BCUT2D eigenvalue weighted by Gasteiger charge is 2.06. The van der Waals surface area contributed by atoms with Crippen LogP contribution in [0, 0.1) is 0 Å². The van der Waals surface area contributed by atoms with Gasteiger partial charge in [-0.15, -0.1) is 11.3 Å². The Hall–Kier alpha value is -1.94. The maximum Gasteiger partial charge on any atom is 0.140 e. The van der Waals surface area contributed by atoms with E-state index in [1.165, 1.54) is 0 Å². The van der Waals surface area contributed by atoms with Gasteiger partial charge in [0.15, 0.2) is 0 Å². The van der Waals surface area contributed by atoms with E-state index >= 15 is 0 Å². The summed E-state index contributed by atoms with van der Waals surface area (Å²) in [6.07, 6.45) is 5.47. The molecule has 1 N–H and O–H groups in total. The molecule has 4 heteroatoms. The molecule has 0 aliphatic rings. The molecule has 16 heavy (non-hydrogen) atoms. The fourth-order valence-electron chi connectivity index (χ4n) is 1.52. The van der Waals surface area contributed by atoms with Crippen molar-refractivity contribution in [2.75, 3.05) is 0 Å². The standard InChI is InChI=1S/C12H9N3S/c1-2-10(14-5-1)12-15-11(8-16-12)9-3-6-13-7-4-9/h1-8,14H. The second kappa shape index (κ2) is 3.90. The molecule has 0 atom stereocenters. The summed E-state index contributed by atoms with van der Waals surface area (Å²) in [5.41, 5.74) is 3.16. The topological polar surface area (TPSA) is 41.6 Å². The zero-order valence-electron chi connectivity index (χ0n) is 8.42. The maximum atomic E-state index is 4.58. The third-order valence-electron chi connectivity index (χ3n) is 2.31. The summed E-state index contributed by atoms with van der Waals surface area (Å²) in [4.78, 5) is 11.7. The van der Waals surface area contributed by atoms with Crippen molar-refractivity contribution in [1.29, 1.82) is 0 Å². The predicted molar refractivity (Wildman–Crippen MR) is 65.1 cm³/mol. The van der Waals surface area contributed by atoms with Gasteiger partial charge in [0, 0.05) is 29.5 Å². The first-order valence-corrected chi connectivity index (χ1v) is 5.81. The van der Waals surface area contributed by atoms with Gasteiger partial charge in [0.1, 0.15) is 5.01 Å². The molecule has 3 aromatic heterocycles. The molecule has 3 nitrogen and oxygen atoms in total. The monoisotopic (exact) mass is 227 g/mol. The Bertz CT molecular complexity index is 569. The summed E-state index contributed by atoms with van der Waals surface area (Å²) >= 11 is 1.64. The van der Waals surface area contributed by atoms with Crippen molar-refractivity contribution in [3.05, 3.63) is 48.2 Å². The average molecular weight is 227 g/mol. The molecule has 0 saturated carbocycles. The van der Waals surface area contributed by atoms with Gasteiger partial charge in [-0.2, -0.15) is 0 Å². The average Bonchev–Trinajstić information content (AvgIpc) is 3.01. The van der Waals surface area contributed by atoms with E-state index in [9.17, 15) is 0 Å². The van der Waals surface area contributed by atoms with E-state index in [2.05, 4.69) is 20.3 Å². The van der Waals surface area contributed by atoms with Crippen LogP contribution in [-0.2, 0) is 0 Å². The first-order valence-electron chi connectivity index (χ1n) is 4.93. The largest absolute Gasteiger partial charge is 0.359 e. The second-order valence-corrected chi connectivity index (χ2v) is 4.22. The maximum absolute atomic E-state index is 4.58. The van der Waals surface area contributed by atoms with Gasteiger partial charge in [0.2, 0.25) is 0 Å². The minimum atomic E-state index is 0.997. The van der Waals surface area contributed by atoms with Crippen LogP contribution in [0.3, 0.4) is 0 Å². The van der Waals surface area contributed by atoms with Crippen LogP contribution in [0.5, 0.6) is 0 Å². The predicted octanol–water partition coefficient (Wildman–Crippen LogP) is 3.20. The number of thiazole rings is 1. The van der Waals surface area contributed by atoms with Crippen LogP contribution in [0.15, 0.2) is 48.2 Å². The highest BCUT2D eigenvalue weighted by atomic mass is 32.1. The summed E-state index contributed by atoms with van der Waals surface area (Å²) in [7, 11) is 0. The number of aromatic amines is 1. The minimum Gasteiger partial charge on any atom is -0.359 e. The number of H-pyrrole nitrogens is 1. The third kappa shape index (κ3) is 1.63. The van der Waals surface area contributed by atoms with E-state index in [1.807, 2.05) is 30.5 Å². The third-order valence-corrected chi connectivity index (χ3v) is 3.18. The van der Waals surface area contributed by atoms with Crippen LogP contribution in [0.4, 0.5) is 0 Å². The molecule has 0 aromatic carbocycles. The van der Waals surface area contributed by atoms with Gasteiger partial charge in [-0.1, -0.05) is 0 Å². The number of hydrogen-bond donors (Lipinski definition) is 1. The van der Waals surface area contributed by atoms with Crippen LogP contribution >= 0.6 is 11.3 Å². The Labute approximate surface area is 96.8 Å². The Morgan fingerprint density at radius 2 is 2.00 bits per heavy atom. The van der Waals surface area contributed by atoms with Gasteiger partial charge >= 0.3 is 0 Å². The number of rotatable bonds is 2. The highest BCUT2D eigenvalue weighted by molar-refractivity contribution is 7.13. The molecule has 0 radical (unpaired) electrons. The van der Waals surface area contributed by atoms with Gasteiger partial charge in [0.25, 0.3) is 0 Å². The molecule has 0 fully saturated rings. The zero-order valence-corrected chi connectivity index (χ0v) is 9.24. The van der Waals surface area contributed by atoms with Crippen molar-refractivity contribution in [3.8, 4) is 22.0 Å². The van der Waals surface area contributed by atoms with Gasteiger partial charge in [-0.05, 0) is 24.3 Å². The molecule has 3 aromatic rings. The van der Waals surface area contributed by atoms with Crippen molar-refractivity contribution in [1.82, 2.24) is 15.0 Å². The van der Waals surface area contributed by atoms with Crippen LogP contribution < -0.4 is 0 Å². The highest BCUT2D eigenvalue weighted by Crippen LogP contribution is 2.27. The quantitative estimate of drug-likeness (QED) is 0.730. The Morgan fingerprint density at radius 1 is 1.12 bits per heavy atom. The zero-order chi connectivity index (χ0) is 10.8. The molecule has 0 bridgehead atoms. The molecular weight excluding hydrogens is 218 g/mol. The molecule has 0 unspecified atom stereocenters. The molecule has 0 saturated heterocycles. The summed E-state index contributed by atoms with van der Waals surface area (Å²) in [5.74, 6) is 0. The van der Waals surface area contributed by atoms with E-state index in [-0.39, 0.29) is 0 Å². The Kier molecular flexibility index (Phi) is 2.27. The number of aromatic nitrogens is 3. The molecule has 0 amide bonds. The lowest BCUT2D eigenvalue weighted by Gasteiger charge is -1.93. The summed E-state index contributed by atoms with van der Waals surface area (Å²) < 4.78 is 0. The van der Waals surface area contributed by atoms with E-state index < -0.39 is 0 Å². The molecule has 0 aliphatic heterocycles. The number of pyridine rings is 1. The van der Waals surface area contributed by atoms with E-state index in [0.717, 1.165) is 22.0 Å². The number of nitrogens with zero attached hydrogens (tertiary/aromatic N) is 2. The SMILES string of the molecule is c1c[nH]c(-c2nc(-c3ccncc3)cs2)c1. The van der Waals surface area contributed by atoms with Crippen LogP contribution in [0.2, 0.25) is 0 Å². The molecule has 0 spiro atoms. The summed E-state index contributed by atoms with van der Waals surface area (Å²) in [6, 6.07) is 7.93. The molecule has 0 aliphatic carbocycles. The second-order valence-electron chi connectivity index (χ2n) is 3.36. The van der Waals surface area contributed by atoms with Crippen LogP contribution in [-0.4, -0.2) is 15.0 Å². The molecule has 3 heterocycles. The fraction of sp³-hybridized carbons (Fsp3) is 0. The van der Waals surface area contributed by atoms with Crippen molar-refractivity contribution < 1.29 is 0 Å². The first-order chi connectivity index (χ1) is 7.93. The van der Waals surface area contributed by atoms with Crippen molar-refractivity contribution in [2.45, 2.75) is 0 Å².